The Bertz CT molecular complexity index is 242. The van der Waals surface area contributed by atoms with Gasteiger partial charge in [0, 0.05) is 12.7 Å². The number of aromatic amines is 1. The van der Waals surface area contributed by atoms with E-state index in [1.54, 1.807) is 6.07 Å². The second-order valence-electron chi connectivity index (χ2n) is 1.59. The van der Waals surface area contributed by atoms with Gasteiger partial charge in [0.05, 0.1) is 5.69 Å². The number of nitrogens with two attached hydrogens (primary N) is 1. The summed E-state index contributed by atoms with van der Waals surface area (Å²) in [4.78, 5) is 16.4. The molecule has 0 atom stereocenters. The summed E-state index contributed by atoms with van der Waals surface area (Å²) in [5.41, 5.74) is 5.46. The van der Waals surface area contributed by atoms with Crippen LogP contribution in [0.5, 0.6) is 0 Å². The van der Waals surface area contributed by atoms with Crippen molar-refractivity contribution in [3.05, 3.63) is 28.4 Å². The Balaban J connectivity index is 3.08. The molecule has 1 aromatic heterocycles. The molecule has 0 spiro atoms. The van der Waals surface area contributed by atoms with Gasteiger partial charge in [-0.15, -0.1) is 0 Å². The molecule has 0 fully saturated rings. The molecule has 0 aromatic carbocycles. The third-order valence-corrected chi connectivity index (χ3v) is 0.937. The molecule has 0 bridgehead atoms. The molecule has 0 radical (unpaired) electrons. The fourth-order valence-electron chi connectivity index (χ4n) is 0.523. The smallest absolute Gasteiger partial charge is 0.325 e. The van der Waals surface area contributed by atoms with Crippen LogP contribution in [0.25, 0.3) is 0 Å². The summed E-state index contributed by atoms with van der Waals surface area (Å²) in [5, 5.41) is 0. The Labute approximate surface area is 51.7 Å². The maximum absolute atomic E-state index is 10.4. The Hall–Kier alpha value is -1.16. The summed E-state index contributed by atoms with van der Waals surface area (Å²) >= 11 is 0. The van der Waals surface area contributed by atoms with Gasteiger partial charge in [-0.05, 0) is 6.07 Å². The molecule has 1 aromatic rings. The van der Waals surface area contributed by atoms with Crippen molar-refractivity contribution in [1.82, 2.24) is 9.97 Å². The van der Waals surface area contributed by atoms with Gasteiger partial charge in [-0.1, -0.05) is 0 Å². The molecule has 4 heteroatoms. The molecule has 0 aliphatic rings. The average Bonchev–Trinajstić information content (AvgIpc) is 1.88. The van der Waals surface area contributed by atoms with Gasteiger partial charge in [-0.3, -0.25) is 0 Å². The van der Waals surface area contributed by atoms with Crippen molar-refractivity contribution >= 4 is 0 Å². The van der Waals surface area contributed by atoms with Gasteiger partial charge in [0.25, 0.3) is 0 Å². The molecule has 0 saturated heterocycles. The molecule has 3 N–H and O–H groups in total. The van der Waals surface area contributed by atoms with Gasteiger partial charge in [-0.25, -0.2) is 4.79 Å². The number of H-pyrrole nitrogens is 1. The zero-order valence-electron chi connectivity index (χ0n) is 4.79. The minimum atomic E-state index is -0.349. The summed E-state index contributed by atoms with van der Waals surface area (Å²) in [6.45, 7) is 0.309. The lowest BCUT2D eigenvalue weighted by molar-refractivity contribution is 0.931. The molecule has 0 unspecified atom stereocenters. The summed E-state index contributed by atoms with van der Waals surface area (Å²) in [7, 11) is 0. The Morgan fingerprint density at radius 3 is 3.00 bits per heavy atom. The van der Waals surface area contributed by atoms with E-state index >= 15 is 0 Å². The largest absolute Gasteiger partial charge is 0.345 e. The van der Waals surface area contributed by atoms with E-state index in [9.17, 15) is 4.79 Å². The fraction of sp³-hybridized carbons (Fsp3) is 0.200. The molecule has 9 heavy (non-hydrogen) atoms. The summed E-state index contributed by atoms with van der Waals surface area (Å²) < 4.78 is 0. The Kier molecular flexibility index (Phi) is 1.60. The monoisotopic (exact) mass is 125 g/mol. The Morgan fingerprint density at radius 2 is 2.56 bits per heavy atom. The van der Waals surface area contributed by atoms with Crippen LogP contribution in [0.2, 0.25) is 0 Å². The third-order valence-electron chi connectivity index (χ3n) is 0.937. The van der Waals surface area contributed by atoms with Crippen LogP contribution in [-0.2, 0) is 6.54 Å². The predicted molar refractivity (Wildman–Crippen MR) is 32.7 cm³/mol. The molecule has 0 aliphatic heterocycles. The first kappa shape index (κ1) is 5.97. The molecular formula is C5H7N3O. The maximum atomic E-state index is 10.4. The summed E-state index contributed by atoms with van der Waals surface area (Å²) in [6.07, 6.45) is 1.53. The van der Waals surface area contributed by atoms with Crippen molar-refractivity contribution < 1.29 is 0 Å². The number of hydrogen-bond acceptors (Lipinski definition) is 3. The van der Waals surface area contributed by atoms with Crippen molar-refractivity contribution in [2.75, 3.05) is 0 Å². The van der Waals surface area contributed by atoms with Gasteiger partial charge >= 0.3 is 5.69 Å². The number of nitrogens with one attached hydrogen (secondary N) is 1. The van der Waals surface area contributed by atoms with Crippen LogP contribution in [0, 0.1) is 0 Å². The van der Waals surface area contributed by atoms with Gasteiger partial charge in [-0.2, -0.15) is 4.98 Å². The number of nitrogens with zero attached hydrogens (tertiary/aromatic N) is 1. The lowest BCUT2D eigenvalue weighted by atomic mass is 10.4. The second-order valence-corrected chi connectivity index (χ2v) is 1.59. The Morgan fingerprint density at radius 1 is 1.78 bits per heavy atom. The first-order valence-electron chi connectivity index (χ1n) is 2.57. The van der Waals surface area contributed by atoms with Crippen molar-refractivity contribution in [2.24, 2.45) is 5.73 Å². The molecule has 1 rings (SSSR count). The van der Waals surface area contributed by atoms with Crippen LogP contribution in [0.15, 0.2) is 17.1 Å². The molecular weight excluding hydrogens is 118 g/mol. The number of hydrogen-bond donors (Lipinski definition) is 2. The highest BCUT2D eigenvalue weighted by molar-refractivity contribution is 4.96. The van der Waals surface area contributed by atoms with Gasteiger partial charge < -0.3 is 10.7 Å². The van der Waals surface area contributed by atoms with Crippen molar-refractivity contribution in [3.63, 3.8) is 0 Å². The zero-order valence-corrected chi connectivity index (χ0v) is 4.79. The standard InChI is InChI=1S/C5H7N3O/c6-3-4-1-2-7-5(9)8-4/h1-2H,3,6H2,(H,7,8,9). The van der Waals surface area contributed by atoms with E-state index in [4.69, 9.17) is 5.73 Å². The second kappa shape index (κ2) is 2.41. The van der Waals surface area contributed by atoms with Gasteiger partial charge in [0.15, 0.2) is 0 Å². The van der Waals surface area contributed by atoms with Crippen LogP contribution in [0.4, 0.5) is 0 Å². The molecule has 48 valence electrons. The molecule has 4 nitrogen and oxygen atoms in total. The molecule has 1 heterocycles. The SMILES string of the molecule is NCc1cc[nH]c(=O)n1. The minimum absolute atomic E-state index is 0.309. The minimum Gasteiger partial charge on any atom is -0.325 e. The lowest BCUT2D eigenvalue weighted by Gasteiger charge is -1.88. The van der Waals surface area contributed by atoms with Crippen molar-refractivity contribution in [3.8, 4) is 0 Å². The van der Waals surface area contributed by atoms with E-state index < -0.39 is 0 Å². The highest BCUT2D eigenvalue weighted by Crippen LogP contribution is 1.82. The third kappa shape index (κ3) is 1.36. The first-order valence-corrected chi connectivity index (χ1v) is 2.57. The van der Waals surface area contributed by atoms with E-state index in [0.29, 0.717) is 12.2 Å². The number of aromatic nitrogens is 2. The van der Waals surface area contributed by atoms with Crippen molar-refractivity contribution in [1.29, 1.82) is 0 Å². The van der Waals surface area contributed by atoms with E-state index in [0.717, 1.165) is 0 Å². The highest BCUT2D eigenvalue weighted by atomic mass is 16.1. The van der Waals surface area contributed by atoms with Crippen LogP contribution in [-0.4, -0.2) is 9.97 Å². The average molecular weight is 125 g/mol. The first-order chi connectivity index (χ1) is 4.33. The van der Waals surface area contributed by atoms with Gasteiger partial charge in [0.2, 0.25) is 0 Å². The summed E-state index contributed by atoms with van der Waals surface area (Å²) in [5.74, 6) is 0. The van der Waals surface area contributed by atoms with E-state index in [-0.39, 0.29) is 5.69 Å². The molecule has 0 saturated carbocycles. The molecule has 0 amide bonds. The topological polar surface area (TPSA) is 71.8 Å². The highest BCUT2D eigenvalue weighted by Gasteiger charge is 1.87. The normalized spacial score (nSPS) is 9.44. The number of rotatable bonds is 1. The molecule has 0 aliphatic carbocycles. The maximum Gasteiger partial charge on any atom is 0.345 e. The van der Waals surface area contributed by atoms with Crippen LogP contribution in [0.1, 0.15) is 5.69 Å². The lowest BCUT2D eigenvalue weighted by Crippen LogP contribution is -2.13. The van der Waals surface area contributed by atoms with Gasteiger partial charge in [0.1, 0.15) is 0 Å². The zero-order chi connectivity index (χ0) is 6.69. The van der Waals surface area contributed by atoms with Crippen molar-refractivity contribution in [2.45, 2.75) is 6.54 Å². The van der Waals surface area contributed by atoms with E-state index in [2.05, 4.69) is 9.97 Å². The quantitative estimate of drug-likeness (QED) is 0.517. The van der Waals surface area contributed by atoms with E-state index in [1.807, 2.05) is 0 Å². The predicted octanol–water partition coefficient (Wildman–Crippen LogP) is -0.771. The summed E-state index contributed by atoms with van der Waals surface area (Å²) in [6, 6.07) is 1.67. The van der Waals surface area contributed by atoms with Crippen LogP contribution >= 0.6 is 0 Å². The van der Waals surface area contributed by atoms with Crippen LogP contribution < -0.4 is 11.4 Å². The van der Waals surface area contributed by atoms with E-state index in [1.165, 1.54) is 6.20 Å². The van der Waals surface area contributed by atoms with Crippen LogP contribution in [0.3, 0.4) is 0 Å². The fourth-order valence-corrected chi connectivity index (χ4v) is 0.523.